The van der Waals surface area contributed by atoms with Crippen molar-refractivity contribution >= 4 is 9.84 Å². The van der Waals surface area contributed by atoms with E-state index in [0.29, 0.717) is 12.2 Å². The van der Waals surface area contributed by atoms with Gasteiger partial charge in [0.05, 0.1) is 13.2 Å². The Kier molecular flexibility index (Phi) is 5.32. The Morgan fingerprint density at radius 3 is 2.36 bits per heavy atom. The highest BCUT2D eigenvalue weighted by atomic mass is 32.2. The van der Waals surface area contributed by atoms with Crippen LogP contribution in [0.4, 0.5) is 0 Å². The molecule has 0 atom stereocenters. The van der Waals surface area contributed by atoms with Gasteiger partial charge >= 0.3 is 0 Å². The van der Waals surface area contributed by atoms with Gasteiger partial charge in [0.25, 0.3) is 0 Å². The van der Waals surface area contributed by atoms with Gasteiger partial charge in [-0.3, -0.25) is 0 Å². The van der Waals surface area contributed by atoms with E-state index in [1.807, 2.05) is 50.2 Å². The highest BCUT2D eigenvalue weighted by molar-refractivity contribution is 7.90. The Balaban J connectivity index is 2.21. The summed E-state index contributed by atoms with van der Waals surface area (Å²) in [6.45, 7) is 4.54. The normalized spacial score (nSPS) is 11.6. The molecule has 1 aromatic carbocycles. The fraction of sp³-hybridized carbons (Fsp3) is 0.353. The second-order valence-electron chi connectivity index (χ2n) is 5.30. The van der Waals surface area contributed by atoms with Crippen LogP contribution in [0.5, 0.6) is 0 Å². The molecule has 0 fully saturated rings. The monoisotopic (exact) mass is 319 g/mol. The number of hydrogen-bond acceptors (Lipinski definition) is 4. The first-order valence-electron chi connectivity index (χ1n) is 7.23. The molecule has 0 aliphatic carbocycles. The lowest BCUT2D eigenvalue weighted by molar-refractivity contribution is 0.105. The van der Waals surface area contributed by atoms with Crippen LogP contribution < -0.4 is 0 Å². The van der Waals surface area contributed by atoms with Crippen LogP contribution in [0.25, 0.3) is 0 Å². The summed E-state index contributed by atoms with van der Waals surface area (Å²) < 4.78 is 29.5. The van der Waals surface area contributed by atoms with Crippen LogP contribution in [0.2, 0.25) is 0 Å². The van der Waals surface area contributed by atoms with E-state index in [4.69, 9.17) is 4.74 Å². The predicted octanol–water partition coefficient (Wildman–Crippen LogP) is 3.07. The number of rotatable bonds is 6. The average molecular weight is 319 g/mol. The van der Waals surface area contributed by atoms with Crippen LogP contribution in [0.3, 0.4) is 0 Å². The zero-order valence-corrected chi connectivity index (χ0v) is 14.0. The fourth-order valence-corrected chi connectivity index (χ4v) is 3.20. The second kappa shape index (κ2) is 7.03. The zero-order chi connectivity index (χ0) is 16.2. The number of ether oxygens (including phenoxy) is 1. The van der Waals surface area contributed by atoms with E-state index in [1.54, 1.807) is 0 Å². The van der Waals surface area contributed by atoms with Gasteiger partial charge < -0.3 is 4.74 Å². The van der Waals surface area contributed by atoms with Gasteiger partial charge in [-0.25, -0.2) is 13.4 Å². The highest BCUT2D eigenvalue weighted by Crippen LogP contribution is 2.19. The number of nitrogens with zero attached hydrogens (tertiary/aromatic N) is 1. The van der Waals surface area contributed by atoms with Crippen molar-refractivity contribution in [2.75, 3.05) is 6.26 Å². The Morgan fingerprint density at radius 2 is 1.77 bits per heavy atom. The summed E-state index contributed by atoms with van der Waals surface area (Å²) in [5, 5.41) is 0.121. The molecule has 0 aliphatic rings. The molecule has 0 N–H and O–H groups in total. The SMILES string of the molecule is CCc1cc(COCc2ccccc2)c(S(C)(=O)=O)nc1C. The van der Waals surface area contributed by atoms with Gasteiger partial charge in [0.15, 0.2) is 14.9 Å². The van der Waals surface area contributed by atoms with E-state index in [9.17, 15) is 8.42 Å². The number of aryl methyl sites for hydroxylation is 2. The Hall–Kier alpha value is -1.72. The summed E-state index contributed by atoms with van der Waals surface area (Å²) in [5.41, 5.74) is 3.49. The Labute approximate surface area is 132 Å². The lowest BCUT2D eigenvalue weighted by atomic mass is 10.1. The van der Waals surface area contributed by atoms with Crippen molar-refractivity contribution in [3.63, 3.8) is 0 Å². The topological polar surface area (TPSA) is 56.3 Å². The van der Waals surface area contributed by atoms with Crippen LogP contribution in [-0.4, -0.2) is 19.7 Å². The molecule has 4 nitrogen and oxygen atoms in total. The quantitative estimate of drug-likeness (QED) is 0.821. The number of hydrogen-bond donors (Lipinski definition) is 0. The van der Waals surface area contributed by atoms with Gasteiger partial charge in [-0.1, -0.05) is 37.3 Å². The lowest BCUT2D eigenvalue weighted by Crippen LogP contribution is -2.10. The molecule has 2 rings (SSSR count). The van der Waals surface area contributed by atoms with Crippen molar-refractivity contribution < 1.29 is 13.2 Å². The van der Waals surface area contributed by atoms with Gasteiger partial charge in [0.2, 0.25) is 0 Å². The van der Waals surface area contributed by atoms with Gasteiger partial charge in [0, 0.05) is 17.5 Å². The molecule has 0 aliphatic heterocycles. The van der Waals surface area contributed by atoms with E-state index in [0.717, 1.165) is 23.2 Å². The first-order valence-corrected chi connectivity index (χ1v) is 9.12. The number of sulfone groups is 1. The first-order chi connectivity index (χ1) is 10.4. The van der Waals surface area contributed by atoms with Crippen molar-refractivity contribution in [3.05, 3.63) is 58.8 Å². The number of benzene rings is 1. The summed E-state index contributed by atoms with van der Waals surface area (Å²) in [4.78, 5) is 4.27. The molecular weight excluding hydrogens is 298 g/mol. The van der Waals surface area contributed by atoms with Crippen LogP contribution in [0, 0.1) is 6.92 Å². The maximum Gasteiger partial charge on any atom is 0.193 e. The molecule has 22 heavy (non-hydrogen) atoms. The smallest absolute Gasteiger partial charge is 0.193 e. The molecule has 118 valence electrons. The molecule has 1 heterocycles. The molecular formula is C17H21NO3S. The van der Waals surface area contributed by atoms with Crippen molar-refractivity contribution in [1.29, 1.82) is 0 Å². The minimum Gasteiger partial charge on any atom is -0.372 e. The van der Waals surface area contributed by atoms with Crippen LogP contribution >= 0.6 is 0 Å². The van der Waals surface area contributed by atoms with Crippen molar-refractivity contribution in [3.8, 4) is 0 Å². The third-order valence-corrected chi connectivity index (χ3v) is 4.51. The molecule has 5 heteroatoms. The standard InChI is InChI=1S/C17H21NO3S/c1-4-15-10-16(17(18-13(15)2)22(3,19)20)12-21-11-14-8-6-5-7-9-14/h5-10H,4,11-12H2,1-3H3. The second-order valence-corrected chi connectivity index (χ2v) is 7.23. The Morgan fingerprint density at radius 1 is 1.09 bits per heavy atom. The lowest BCUT2D eigenvalue weighted by Gasteiger charge is -2.12. The maximum atomic E-state index is 11.9. The van der Waals surface area contributed by atoms with Crippen LogP contribution in [0.15, 0.2) is 41.4 Å². The summed E-state index contributed by atoms with van der Waals surface area (Å²) in [7, 11) is -3.37. The van der Waals surface area contributed by atoms with Gasteiger partial charge in [0.1, 0.15) is 0 Å². The molecule has 2 aromatic rings. The maximum absolute atomic E-state index is 11.9. The van der Waals surface area contributed by atoms with Crippen molar-refractivity contribution in [2.45, 2.75) is 38.5 Å². The van der Waals surface area contributed by atoms with Crippen LogP contribution in [0.1, 0.15) is 29.3 Å². The first kappa shape index (κ1) is 16.6. The summed E-state index contributed by atoms with van der Waals surface area (Å²) in [6.07, 6.45) is 2.00. The summed E-state index contributed by atoms with van der Waals surface area (Å²) >= 11 is 0. The van der Waals surface area contributed by atoms with E-state index >= 15 is 0 Å². The molecule has 0 unspecified atom stereocenters. The average Bonchev–Trinajstić information content (AvgIpc) is 2.48. The molecule has 0 radical (unpaired) electrons. The molecule has 0 bridgehead atoms. The largest absolute Gasteiger partial charge is 0.372 e. The van der Waals surface area contributed by atoms with Gasteiger partial charge in [-0.2, -0.15) is 0 Å². The van der Waals surface area contributed by atoms with Gasteiger partial charge in [-0.15, -0.1) is 0 Å². The number of pyridine rings is 1. The van der Waals surface area contributed by atoms with E-state index < -0.39 is 9.84 Å². The number of aromatic nitrogens is 1. The van der Waals surface area contributed by atoms with E-state index in [2.05, 4.69) is 4.98 Å². The van der Waals surface area contributed by atoms with E-state index in [-0.39, 0.29) is 11.6 Å². The zero-order valence-electron chi connectivity index (χ0n) is 13.2. The molecule has 0 spiro atoms. The molecule has 0 saturated carbocycles. The van der Waals surface area contributed by atoms with Gasteiger partial charge in [-0.05, 0) is 30.5 Å². The minimum atomic E-state index is -3.37. The predicted molar refractivity (Wildman–Crippen MR) is 86.4 cm³/mol. The summed E-state index contributed by atoms with van der Waals surface area (Å²) in [6, 6.07) is 11.7. The molecule has 1 aromatic heterocycles. The highest BCUT2D eigenvalue weighted by Gasteiger charge is 2.17. The Bertz CT molecular complexity index is 740. The third-order valence-electron chi connectivity index (χ3n) is 3.46. The third kappa shape index (κ3) is 4.15. The van der Waals surface area contributed by atoms with E-state index in [1.165, 1.54) is 6.26 Å². The molecule has 0 amide bonds. The summed E-state index contributed by atoms with van der Waals surface area (Å²) in [5.74, 6) is 0. The van der Waals surface area contributed by atoms with Crippen molar-refractivity contribution in [2.24, 2.45) is 0 Å². The van der Waals surface area contributed by atoms with Crippen LogP contribution in [-0.2, 0) is 34.2 Å². The fourth-order valence-electron chi connectivity index (χ4n) is 2.31. The van der Waals surface area contributed by atoms with Crippen molar-refractivity contribution in [1.82, 2.24) is 4.98 Å². The minimum absolute atomic E-state index is 0.121. The molecule has 0 saturated heterocycles.